The van der Waals surface area contributed by atoms with Crippen LogP contribution in [0.2, 0.25) is 0 Å². The second-order valence-electron chi connectivity index (χ2n) is 6.71. The van der Waals surface area contributed by atoms with E-state index in [4.69, 9.17) is 9.47 Å². The van der Waals surface area contributed by atoms with Gasteiger partial charge in [0.05, 0.1) is 24.0 Å². The largest absolute Gasteiger partial charge is 0.462 e. The second kappa shape index (κ2) is 5.61. The third kappa shape index (κ3) is 2.28. The van der Waals surface area contributed by atoms with Crippen LogP contribution >= 0.6 is 0 Å². The maximum Gasteiger partial charge on any atom is 0.338 e. The van der Waals surface area contributed by atoms with Gasteiger partial charge in [-0.2, -0.15) is 0 Å². The van der Waals surface area contributed by atoms with E-state index in [0.29, 0.717) is 17.9 Å². The normalized spacial score (nSPS) is 32.5. The highest BCUT2D eigenvalue weighted by Crippen LogP contribution is 2.57. The summed E-state index contributed by atoms with van der Waals surface area (Å²) >= 11 is 0. The minimum absolute atomic E-state index is 0.0282. The highest BCUT2D eigenvalue weighted by atomic mass is 16.6. The molecule has 3 fully saturated rings. The van der Waals surface area contributed by atoms with E-state index in [9.17, 15) is 14.4 Å². The molecule has 1 saturated heterocycles. The van der Waals surface area contributed by atoms with Crippen LogP contribution in [0.4, 0.5) is 5.69 Å². The molecule has 1 aromatic carbocycles. The number of ether oxygens (including phenoxy) is 2. The first-order valence-electron chi connectivity index (χ1n) is 8.37. The van der Waals surface area contributed by atoms with Gasteiger partial charge in [0.1, 0.15) is 6.10 Å². The molecular weight excluding hydrogens is 310 g/mol. The van der Waals surface area contributed by atoms with Crippen molar-refractivity contribution in [3.05, 3.63) is 29.8 Å². The van der Waals surface area contributed by atoms with E-state index < -0.39 is 0 Å². The molecule has 2 aliphatic carbocycles. The third-order valence-electron chi connectivity index (χ3n) is 5.45. The number of rotatable bonds is 4. The Morgan fingerprint density at radius 3 is 2.71 bits per heavy atom. The molecule has 3 aliphatic rings. The third-order valence-corrected chi connectivity index (χ3v) is 5.45. The monoisotopic (exact) mass is 329 g/mol. The van der Waals surface area contributed by atoms with Gasteiger partial charge >= 0.3 is 11.9 Å². The predicted molar refractivity (Wildman–Crippen MR) is 84.1 cm³/mol. The lowest BCUT2D eigenvalue weighted by Crippen LogP contribution is -2.35. The summed E-state index contributed by atoms with van der Waals surface area (Å²) in [7, 11) is 0. The molecule has 6 heteroatoms. The quantitative estimate of drug-likeness (QED) is 0.855. The minimum atomic E-state index is -0.386. The molecule has 5 atom stereocenters. The van der Waals surface area contributed by atoms with Crippen LogP contribution in [0.5, 0.6) is 0 Å². The Bertz CT molecular complexity index is 696. The van der Waals surface area contributed by atoms with Crippen LogP contribution in [0.25, 0.3) is 0 Å². The molecule has 1 N–H and O–H groups in total. The van der Waals surface area contributed by atoms with Gasteiger partial charge in [-0.05, 0) is 49.9 Å². The van der Waals surface area contributed by atoms with Crippen LogP contribution < -0.4 is 5.32 Å². The molecular formula is C18H19NO5. The summed E-state index contributed by atoms with van der Waals surface area (Å²) in [4.78, 5) is 36.3. The molecule has 6 nitrogen and oxygen atoms in total. The zero-order valence-corrected chi connectivity index (χ0v) is 13.4. The number of hydrogen-bond donors (Lipinski definition) is 1. The van der Waals surface area contributed by atoms with Crippen molar-refractivity contribution in [1.82, 2.24) is 0 Å². The summed E-state index contributed by atoms with van der Waals surface area (Å²) in [6.45, 7) is 2.07. The van der Waals surface area contributed by atoms with Crippen LogP contribution in [0.3, 0.4) is 0 Å². The maximum atomic E-state index is 12.6. The first-order chi connectivity index (χ1) is 11.6. The van der Waals surface area contributed by atoms with Crippen LogP contribution in [0.1, 0.15) is 30.1 Å². The van der Waals surface area contributed by atoms with Crippen LogP contribution in [-0.4, -0.2) is 30.6 Å². The fourth-order valence-corrected chi connectivity index (χ4v) is 4.49. The SMILES string of the molecule is CCOC(=O)c1ccc(NC(=O)[C@@H]2[C@@H]3C[C@@H]4[C@@H]2C(=O)O[C@H]4C3)cc1. The number of anilines is 1. The summed E-state index contributed by atoms with van der Waals surface area (Å²) in [5.41, 5.74) is 1.05. The highest BCUT2D eigenvalue weighted by molar-refractivity contribution is 5.97. The van der Waals surface area contributed by atoms with Crippen molar-refractivity contribution in [3.8, 4) is 0 Å². The maximum absolute atomic E-state index is 12.6. The topological polar surface area (TPSA) is 81.7 Å². The zero-order chi connectivity index (χ0) is 16.8. The molecule has 2 bridgehead atoms. The van der Waals surface area contributed by atoms with Crippen molar-refractivity contribution in [2.24, 2.45) is 23.7 Å². The van der Waals surface area contributed by atoms with Crippen molar-refractivity contribution in [2.75, 3.05) is 11.9 Å². The highest BCUT2D eigenvalue weighted by Gasteiger charge is 2.63. The number of hydrogen-bond acceptors (Lipinski definition) is 5. The number of nitrogens with one attached hydrogen (secondary N) is 1. The minimum Gasteiger partial charge on any atom is -0.462 e. The van der Waals surface area contributed by atoms with Gasteiger partial charge in [0.25, 0.3) is 0 Å². The Hall–Kier alpha value is -2.37. The summed E-state index contributed by atoms with van der Waals surface area (Å²) in [5, 5.41) is 2.87. The average Bonchev–Trinajstić information content (AvgIpc) is 3.17. The first-order valence-corrected chi connectivity index (χ1v) is 8.37. The standard InChI is InChI=1S/C18H19NO5/c1-2-23-17(21)9-3-5-11(6-4-9)19-16(20)14-10-7-12-13(8-10)24-18(22)15(12)14/h3-6,10,12-15H,2,7-8H2,1H3,(H,19,20)/t10-,12+,13+,14-,15+/m1/s1. The van der Waals surface area contributed by atoms with Crippen molar-refractivity contribution < 1.29 is 23.9 Å². The lowest BCUT2D eigenvalue weighted by molar-refractivity contribution is -0.145. The molecule has 0 spiro atoms. The van der Waals surface area contributed by atoms with Crippen molar-refractivity contribution >= 4 is 23.5 Å². The van der Waals surface area contributed by atoms with Crippen molar-refractivity contribution in [2.45, 2.75) is 25.9 Å². The second-order valence-corrected chi connectivity index (χ2v) is 6.71. The van der Waals surface area contributed by atoms with E-state index in [0.717, 1.165) is 12.8 Å². The van der Waals surface area contributed by atoms with Gasteiger partial charge in [-0.3, -0.25) is 9.59 Å². The van der Waals surface area contributed by atoms with Crippen molar-refractivity contribution in [3.63, 3.8) is 0 Å². The molecule has 0 aromatic heterocycles. The summed E-state index contributed by atoms with van der Waals surface area (Å²) in [6, 6.07) is 6.59. The molecule has 2 saturated carbocycles. The molecule has 4 rings (SSSR count). The van der Waals surface area contributed by atoms with E-state index in [1.165, 1.54) is 0 Å². The Morgan fingerprint density at radius 1 is 1.25 bits per heavy atom. The molecule has 1 amide bonds. The van der Waals surface area contributed by atoms with Crippen LogP contribution in [-0.2, 0) is 19.1 Å². The lowest BCUT2D eigenvalue weighted by atomic mass is 9.79. The summed E-state index contributed by atoms with van der Waals surface area (Å²) in [6.07, 6.45) is 1.73. The molecule has 0 unspecified atom stereocenters. The van der Waals surface area contributed by atoms with E-state index in [1.54, 1.807) is 31.2 Å². The molecule has 24 heavy (non-hydrogen) atoms. The van der Waals surface area contributed by atoms with Gasteiger partial charge in [-0.15, -0.1) is 0 Å². The lowest BCUT2D eigenvalue weighted by Gasteiger charge is -2.23. The average molecular weight is 329 g/mol. The first kappa shape index (κ1) is 15.2. The predicted octanol–water partition coefficient (Wildman–Crippen LogP) is 2.00. The number of carbonyl (C=O) groups is 3. The van der Waals surface area contributed by atoms with Gasteiger partial charge in [-0.25, -0.2) is 4.79 Å². The Balaban J connectivity index is 1.45. The van der Waals surface area contributed by atoms with Gasteiger partial charge < -0.3 is 14.8 Å². The number of esters is 2. The number of carbonyl (C=O) groups excluding carboxylic acids is 3. The zero-order valence-electron chi connectivity index (χ0n) is 13.4. The Labute approximate surface area is 139 Å². The fourth-order valence-electron chi connectivity index (χ4n) is 4.49. The van der Waals surface area contributed by atoms with E-state index in [2.05, 4.69) is 5.32 Å². The van der Waals surface area contributed by atoms with Gasteiger partial charge in [0.2, 0.25) is 5.91 Å². The molecule has 1 heterocycles. The fraction of sp³-hybridized carbons (Fsp3) is 0.500. The van der Waals surface area contributed by atoms with E-state index in [1.807, 2.05) is 0 Å². The van der Waals surface area contributed by atoms with Gasteiger partial charge in [-0.1, -0.05) is 0 Å². The van der Waals surface area contributed by atoms with Gasteiger partial charge in [0.15, 0.2) is 0 Å². The van der Waals surface area contributed by atoms with Crippen LogP contribution in [0, 0.1) is 23.7 Å². The smallest absolute Gasteiger partial charge is 0.338 e. The van der Waals surface area contributed by atoms with Gasteiger partial charge in [0, 0.05) is 11.6 Å². The molecule has 1 aromatic rings. The summed E-state index contributed by atoms with van der Waals surface area (Å²) < 4.78 is 10.3. The molecule has 126 valence electrons. The molecule has 1 aliphatic heterocycles. The van der Waals surface area contributed by atoms with Crippen molar-refractivity contribution in [1.29, 1.82) is 0 Å². The Morgan fingerprint density at radius 2 is 2.00 bits per heavy atom. The van der Waals surface area contributed by atoms with Crippen LogP contribution in [0.15, 0.2) is 24.3 Å². The number of benzene rings is 1. The number of fused-ring (bicyclic) bond motifs is 1. The Kier molecular flexibility index (Phi) is 3.55. The molecule has 0 radical (unpaired) electrons. The van der Waals surface area contributed by atoms with E-state index in [-0.39, 0.29) is 47.6 Å². The summed E-state index contributed by atoms with van der Waals surface area (Å²) in [5.74, 6) is -0.877. The van der Waals surface area contributed by atoms with E-state index >= 15 is 0 Å². The number of amides is 1.